The molecule has 0 saturated heterocycles. The largest absolute Gasteiger partial charge is 0.343 e. The maximum atomic E-state index is 8.96. The predicted molar refractivity (Wildman–Crippen MR) is 79.1 cm³/mol. The van der Waals surface area contributed by atoms with Crippen LogP contribution < -0.4 is 4.57 Å². The lowest BCUT2D eigenvalue weighted by Gasteiger charge is -2.28. The average Bonchev–Trinajstić information content (AvgIpc) is 2.49. The molecule has 1 aromatic heterocycles. The minimum atomic E-state index is 0.158. The van der Waals surface area contributed by atoms with Crippen LogP contribution in [0.4, 0.5) is 0 Å². The van der Waals surface area contributed by atoms with Gasteiger partial charge in [0, 0.05) is 29.1 Å². The van der Waals surface area contributed by atoms with Crippen LogP contribution in [0.1, 0.15) is 13.8 Å². The number of nitriles is 2. The van der Waals surface area contributed by atoms with Gasteiger partial charge in [-0.1, -0.05) is 6.07 Å². The highest BCUT2D eigenvalue weighted by Crippen LogP contribution is 2.23. The molecule has 104 valence electrons. The van der Waals surface area contributed by atoms with Crippen molar-refractivity contribution >= 4 is 0 Å². The highest BCUT2D eigenvalue weighted by molar-refractivity contribution is 5.53. The van der Waals surface area contributed by atoms with Crippen LogP contribution in [0.5, 0.6) is 0 Å². The van der Waals surface area contributed by atoms with Crippen LogP contribution in [-0.4, -0.2) is 11.4 Å². The highest BCUT2D eigenvalue weighted by Gasteiger charge is 2.16. The lowest BCUT2D eigenvalue weighted by atomic mass is 10.0. The summed E-state index contributed by atoms with van der Waals surface area (Å²) in [6, 6.07) is 9.90. The first-order valence-corrected chi connectivity index (χ1v) is 6.78. The van der Waals surface area contributed by atoms with Crippen LogP contribution in [0.3, 0.4) is 0 Å². The topological polar surface area (TPSA) is 54.7 Å². The third-order valence-electron chi connectivity index (χ3n) is 3.45. The molecule has 4 nitrogen and oxygen atoms in total. The van der Waals surface area contributed by atoms with Gasteiger partial charge in [-0.3, -0.25) is 0 Å². The molecule has 0 atom stereocenters. The number of rotatable bonds is 3. The fourth-order valence-electron chi connectivity index (χ4n) is 2.38. The maximum Gasteiger partial charge on any atom is 0.168 e. The Hall–Kier alpha value is -2.85. The molecule has 0 saturated carbocycles. The van der Waals surface area contributed by atoms with E-state index in [-0.39, 0.29) is 5.57 Å². The van der Waals surface area contributed by atoms with E-state index in [1.54, 1.807) is 0 Å². The Kier molecular flexibility index (Phi) is 4.53. The molecule has 0 amide bonds. The Morgan fingerprint density at radius 3 is 2.14 bits per heavy atom. The van der Waals surface area contributed by atoms with Gasteiger partial charge in [0.25, 0.3) is 0 Å². The molecule has 2 rings (SSSR count). The summed E-state index contributed by atoms with van der Waals surface area (Å²) in [5.41, 5.74) is 2.94. The van der Waals surface area contributed by atoms with Gasteiger partial charge >= 0.3 is 0 Å². The fraction of sp³-hybridized carbons (Fsp3) is 0.235. The van der Waals surface area contributed by atoms with Crippen molar-refractivity contribution in [3.63, 3.8) is 0 Å². The maximum absolute atomic E-state index is 8.96. The van der Waals surface area contributed by atoms with Crippen molar-refractivity contribution < 1.29 is 4.57 Å². The number of allylic oxidation sites excluding steroid dienone is 6. The van der Waals surface area contributed by atoms with Crippen LogP contribution in [-0.2, 0) is 6.54 Å². The van der Waals surface area contributed by atoms with Gasteiger partial charge in [-0.15, -0.1) is 0 Å². The van der Waals surface area contributed by atoms with Gasteiger partial charge in [0.15, 0.2) is 18.9 Å². The van der Waals surface area contributed by atoms with Crippen LogP contribution >= 0.6 is 0 Å². The van der Waals surface area contributed by atoms with Crippen molar-refractivity contribution in [1.82, 2.24) is 4.90 Å². The second-order valence-electron chi connectivity index (χ2n) is 4.89. The quantitative estimate of drug-likeness (QED) is 0.630. The highest BCUT2D eigenvalue weighted by atomic mass is 15.2. The van der Waals surface area contributed by atoms with Gasteiger partial charge in [-0.25, -0.2) is 4.57 Å². The van der Waals surface area contributed by atoms with Crippen molar-refractivity contribution in [2.75, 3.05) is 6.54 Å². The second kappa shape index (κ2) is 6.54. The molecular formula is C17H17N4+. The first-order chi connectivity index (χ1) is 10.2. The second-order valence-corrected chi connectivity index (χ2v) is 4.89. The summed E-state index contributed by atoms with van der Waals surface area (Å²) in [5.74, 6) is 0. The molecule has 0 aliphatic carbocycles. The fourth-order valence-corrected chi connectivity index (χ4v) is 2.38. The lowest BCUT2D eigenvalue weighted by Crippen LogP contribution is -2.39. The summed E-state index contributed by atoms with van der Waals surface area (Å²) in [4.78, 5) is 2.19. The Morgan fingerprint density at radius 2 is 1.62 bits per heavy atom. The van der Waals surface area contributed by atoms with Crippen LogP contribution in [0.15, 0.2) is 65.3 Å². The number of pyridine rings is 1. The van der Waals surface area contributed by atoms with E-state index in [0.717, 1.165) is 24.5 Å². The van der Waals surface area contributed by atoms with Gasteiger partial charge < -0.3 is 4.90 Å². The van der Waals surface area contributed by atoms with Crippen molar-refractivity contribution in [2.45, 2.75) is 20.4 Å². The minimum Gasteiger partial charge on any atom is -0.343 e. The number of aromatic nitrogens is 1. The van der Waals surface area contributed by atoms with Crippen molar-refractivity contribution in [1.29, 1.82) is 10.5 Å². The number of hydrogen-bond acceptors (Lipinski definition) is 3. The van der Waals surface area contributed by atoms with E-state index >= 15 is 0 Å². The zero-order valence-electron chi connectivity index (χ0n) is 12.2. The smallest absolute Gasteiger partial charge is 0.168 e. The molecule has 0 unspecified atom stereocenters. The van der Waals surface area contributed by atoms with Crippen molar-refractivity contribution in [3.8, 4) is 12.1 Å². The SMILES string of the molecule is CC1=CC(=C(C#N)C#N)C=C(C)N1CC[n+]1ccccc1. The molecule has 2 heterocycles. The molecule has 0 bridgehead atoms. The van der Waals surface area contributed by atoms with E-state index in [1.165, 1.54) is 0 Å². The molecule has 1 aromatic rings. The molecule has 0 radical (unpaired) electrons. The average molecular weight is 277 g/mol. The normalized spacial score (nSPS) is 13.9. The molecule has 1 aliphatic rings. The van der Waals surface area contributed by atoms with Crippen LogP contribution in [0.2, 0.25) is 0 Å². The third-order valence-corrected chi connectivity index (χ3v) is 3.45. The van der Waals surface area contributed by atoms with Gasteiger partial charge in [-0.2, -0.15) is 10.5 Å². The summed E-state index contributed by atoms with van der Waals surface area (Å²) < 4.78 is 2.13. The van der Waals surface area contributed by atoms with Crippen molar-refractivity contribution in [3.05, 3.63) is 65.3 Å². The molecule has 0 fully saturated rings. The van der Waals surface area contributed by atoms with Gasteiger partial charge in [0.1, 0.15) is 17.7 Å². The lowest BCUT2D eigenvalue weighted by molar-refractivity contribution is -0.696. The standard InChI is InChI=1S/C17H17N4/c1-14-10-16(17(12-18)13-19)11-15(2)21(14)9-8-20-6-4-3-5-7-20/h3-7,10-11H,8-9H2,1-2H3/q+1. The predicted octanol–water partition coefficient (Wildman–Crippen LogP) is 2.44. The molecule has 0 aromatic carbocycles. The summed E-state index contributed by atoms with van der Waals surface area (Å²) in [7, 11) is 0. The Labute approximate surface area is 125 Å². The van der Waals surface area contributed by atoms with E-state index in [9.17, 15) is 0 Å². The number of nitrogens with zero attached hydrogens (tertiary/aromatic N) is 4. The molecular weight excluding hydrogens is 260 g/mol. The Balaban J connectivity index is 2.16. The van der Waals surface area contributed by atoms with Gasteiger partial charge in [-0.05, 0) is 26.0 Å². The summed E-state index contributed by atoms with van der Waals surface area (Å²) in [6.45, 7) is 5.72. The Morgan fingerprint density at radius 1 is 1.05 bits per heavy atom. The molecule has 0 N–H and O–H groups in total. The van der Waals surface area contributed by atoms with Gasteiger partial charge in [0.05, 0.1) is 6.54 Å². The zero-order chi connectivity index (χ0) is 15.2. The minimum absolute atomic E-state index is 0.158. The number of hydrogen-bond donors (Lipinski definition) is 0. The third kappa shape index (κ3) is 3.38. The molecule has 0 spiro atoms. The molecule has 21 heavy (non-hydrogen) atoms. The monoisotopic (exact) mass is 277 g/mol. The molecule has 4 heteroatoms. The molecule has 1 aliphatic heterocycles. The van der Waals surface area contributed by atoms with E-state index in [2.05, 4.69) is 9.47 Å². The van der Waals surface area contributed by atoms with Gasteiger partial charge in [0.2, 0.25) is 0 Å². The van der Waals surface area contributed by atoms with E-state index in [0.29, 0.717) is 5.57 Å². The van der Waals surface area contributed by atoms with Crippen LogP contribution in [0.25, 0.3) is 0 Å². The summed E-state index contributed by atoms with van der Waals surface area (Å²) in [6.07, 6.45) is 7.86. The van der Waals surface area contributed by atoms with Crippen molar-refractivity contribution in [2.24, 2.45) is 0 Å². The summed E-state index contributed by atoms with van der Waals surface area (Å²) in [5, 5.41) is 17.9. The van der Waals surface area contributed by atoms with E-state index < -0.39 is 0 Å². The first-order valence-electron chi connectivity index (χ1n) is 6.78. The first kappa shape index (κ1) is 14.6. The Bertz CT molecular complexity index is 659. The van der Waals surface area contributed by atoms with Crippen LogP contribution in [0, 0.1) is 22.7 Å². The zero-order valence-corrected chi connectivity index (χ0v) is 12.2. The van der Waals surface area contributed by atoms with E-state index in [1.807, 2.05) is 68.7 Å². The van der Waals surface area contributed by atoms with E-state index in [4.69, 9.17) is 10.5 Å². The summed E-state index contributed by atoms with van der Waals surface area (Å²) >= 11 is 0.